The summed E-state index contributed by atoms with van der Waals surface area (Å²) >= 11 is 0. The Bertz CT molecular complexity index is 1360. The highest BCUT2D eigenvalue weighted by Crippen LogP contribution is 2.47. The number of ketones is 1. The van der Waals surface area contributed by atoms with Gasteiger partial charge in [0, 0.05) is 25.1 Å². The van der Waals surface area contributed by atoms with E-state index in [1.807, 2.05) is 0 Å². The van der Waals surface area contributed by atoms with Gasteiger partial charge in [0.05, 0.1) is 43.3 Å². The zero-order valence-electron chi connectivity index (χ0n) is 22.0. The van der Waals surface area contributed by atoms with E-state index in [4.69, 9.17) is 9.47 Å². The number of para-hydroxylation sites is 4. The van der Waals surface area contributed by atoms with Gasteiger partial charge in [-0.15, -0.1) is 0 Å². The number of aromatic nitrogens is 2. The van der Waals surface area contributed by atoms with Crippen LogP contribution in [0, 0.1) is 18.8 Å². The molecular formula is C28H32N4O6. The van der Waals surface area contributed by atoms with Gasteiger partial charge in [-0.1, -0.05) is 24.3 Å². The van der Waals surface area contributed by atoms with E-state index in [1.54, 1.807) is 73.4 Å². The summed E-state index contributed by atoms with van der Waals surface area (Å²) in [4.78, 5) is 41.1. The van der Waals surface area contributed by atoms with Crippen LogP contribution in [0.5, 0.6) is 11.5 Å². The molecule has 0 bridgehead atoms. The van der Waals surface area contributed by atoms with E-state index in [9.17, 15) is 19.5 Å². The van der Waals surface area contributed by atoms with Crippen molar-refractivity contribution in [1.82, 2.24) is 9.78 Å². The van der Waals surface area contributed by atoms with Crippen molar-refractivity contribution in [2.45, 2.75) is 31.8 Å². The molecule has 2 aromatic carbocycles. The number of nitrogens with zero attached hydrogens (tertiary/aromatic N) is 2. The molecule has 4 atom stereocenters. The van der Waals surface area contributed by atoms with Crippen LogP contribution in [0.25, 0.3) is 0 Å². The number of Topliss-reactive ketones (excluding diaryl/α,β-unsaturated/α-hetero) is 1. The summed E-state index contributed by atoms with van der Waals surface area (Å²) in [5.74, 6) is -4.18. The van der Waals surface area contributed by atoms with Gasteiger partial charge < -0.3 is 25.2 Å². The van der Waals surface area contributed by atoms with E-state index in [0.29, 0.717) is 34.1 Å². The van der Waals surface area contributed by atoms with Crippen molar-refractivity contribution in [3.05, 3.63) is 66.0 Å². The summed E-state index contributed by atoms with van der Waals surface area (Å²) in [7, 11) is 4.70. The second-order valence-corrected chi connectivity index (χ2v) is 9.67. The Morgan fingerprint density at radius 1 is 1.00 bits per heavy atom. The normalized spacial score (nSPS) is 23.0. The van der Waals surface area contributed by atoms with E-state index in [2.05, 4.69) is 15.7 Å². The monoisotopic (exact) mass is 520 g/mol. The zero-order valence-corrected chi connectivity index (χ0v) is 22.0. The van der Waals surface area contributed by atoms with E-state index < -0.39 is 41.0 Å². The number of nitrogens with one attached hydrogen (secondary N) is 2. The summed E-state index contributed by atoms with van der Waals surface area (Å²) in [5, 5.41) is 21.4. The van der Waals surface area contributed by atoms with E-state index >= 15 is 0 Å². The first-order valence-corrected chi connectivity index (χ1v) is 12.2. The van der Waals surface area contributed by atoms with Gasteiger partial charge in [-0.2, -0.15) is 5.10 Å². The Morgan fingerprint density at radius 3 is 2.03 bits per heavy atom. The van der Waals surface area contributed by atoms with Crippen LogP contribution < -0.4 is 20.1 Å². The van der Waals surface area contributed by atoms with Gasteiger partial charge in [0.15, 0.2) is 0 Å². The number of carbonyl (C=O) groups excluding carboxylic acids is 3. The van der Waals surface area contributed by atoms with Crippen molar-refractivity contribution in [2.24, 2.45) is 18.9 Å². The second-order valence-electron chi connectivity index (χ2n) is 9.67. The third kappa shape index (κ3) is 4.99. The zero-order chi connectivity index (χ0) is 27.6. The number of aliphatic hydroxyl groups is 1. The molecule has 0 radical (unpaired) electrons. The fourth-order valence-corrected chi connectivity index (χ4v) is 5.23. The summed E-state index contributed by atoms with van der Waals surface area (Å²) in [5.41, 5.74) is 0.259. The molecule has 1 saturated carbocycles. The molecule has 0 aliphatic heterocycles. The van der Waals surface area contributed by atoms with Gasteiger partial charge in [0.2, 0.25) is 11.8 Å². The minimum absolute atomic E-state index is 0.378. The maximum atomic E-state index is 13.9. The summed E-state index contributed by atoms with van der Waals surface area (Å²) in [6, 6.07) is 13.7. The van der Waals surface area contributed by atoms with Gasteiger partial charge in [-0.05, 0) is 43.7 Å². The molecule has 1 fully saturated rings. The van der Waals surface area contributed by atoms with Crippen molar-refractivity contribution < 1.29 is 29.0 Å². The minimum Gasteiger partial charge on any atom is -0.495 e. The predicted octanol–water partition coefficient (Wildman–Crippen LogP) is 3.06. The number of anilines is 2. The van der Waals surface area contributed by atoms with Gasteiger partial charge >= 0.3 is 0 Å². The predicted molar refractivity (Wildman–Crippen MR) is 141 cm³/mol. The number of methoxy groups -OCH3 is 2. The molecule has 10 heteroatoms. The van der Waals surface area contributed by atoms with Gasteiger partial charge in [-0.3, -0.25) is 19.1 Å². The van der Waals surface area contributed by atoms with Crippen LogP contribution in [0.2, 0.25) is 0 Å². The summed E-state index contributed by atoms with van der Waals surface area (Å²) in [6.07, 6.45) is 1.16. The van der Waals surface area contributed by atoms with Crippen molar-refractivity contribution >= 4 is 29.0 Å². The van der Waals surface area contributed by atoms with Crippen LogP contribution in [0.1, 0.15) is 30.5 Å². The fourth-order valence-electron chi connectivity index (χ4n) is 5.23. The van der Waals surface area contributed by atoms with Crippen molar-refractivity contribution in [3.63, 3.8) is 0 Å². The quantitative estimate of drug-likeness (QED) is 0.408. The first-order chi connectivity index (χ1) is 18.1. The van der Waals surface area contributed by atoms with Crippen LogP contribution in [0.4, 0.5) is 11.4 Å². The first kappa shape index (κ1) is 26.9. The number of benzene rings is 2. The highest BCUT2D eigenvalue weighted by molar-refractivity contribution is 6.11. The first-order valence-electron chi connectivity index (χ1n) is 12.2. The standard InChI is InChI=1S/C28H32N4O6/c1-16-17(15-29-32(16)3)23-24(26(34)30-18-10-6-8-12-21(18)37-4)20(33)14-28(2,36)25(23)27(35)31-19-11-7-9-13-22(19)38-5/h6-13,15,23-25,36H,14H2,1-5H3,(H,30,34)(H,31,35)/t23-,24+,25+,28-/m1/s1. The Labute approximate surface area is 220 Å². The summed E-state index contributed by atoms with van der Waals surface area (Å²) < 4.78 is 12.3. The average molecular weight is 521 g/mol. The van der Waals surface area contributed by atoms with Gasteiger partial charge in [0.1, 0.15) is 23.2 Å². The molecule has 0 unspecified atom stereocenters. The highest BCUT2D eigenvalue weighted by atomic mass is 16.5. The topological polar surface area (TPSA) is 132 Å². The maximum absolute atomic E-state index is 13.9. The molecule has 3 N–H and O–H groups in total. The molecule has 0 spiro atoms. The highest BCUT2D eigenvalue weighted by Gasteiger charge is 2.56. The number of carbonyl (C=O) groups is 3. The molecule has 1 aliphatic rings. The van der Waals surface area contributed by atoms with Crippen molar-refractivity contribution in [1.29, 1.82) is 0 Å². The van der Waals surface area contributed by atoms with E-state index in [1.165, 1.54) is 21.1 Å². The SMILES string of the molecule is COc1ccccc1NC(=O)[C@H]1C(=O)C[C@@](C)(O)[C@H](C(=O)Nc2ccccc2OC)[C@@H]1c1cnn(C)c1C. The third-order valence-electron chi connectivity index (χ3n) is 7.19. The molecule has 1 aliphatic carbocycles. The Balaban J connectivity index is 1.80. The fraction of sp³-hybridized carbons (Fsp3) is 0.357. The van der Waals surface area contributed by atoms with Crippen LogP contribution in [0.3, 0.4) is 0 Å². The molecule has 38 heavy (non-hydrogen) atoms. The Morgan fingerprint density at radius 2 is 1.53 bits per heavy atom. The molecule has 3 aromatic rings. The lowest BCUT2D eigenvalue weighted by Gasteiger charge is -2.44. The van der Waals surface area contributed by atoms with Crippen LogP contribution in [-0.2, 0) is 21.4 Å². The lowest BCUT2D eigenvalue weighted by molar-refractivity contribution is -0.150. The number of aryl methyl sites for hydroxylation is 1. The molecular weight excluding hydrogens is 488 g/mol. The van der Waals surface area contributed by atoms with Crippen molar-refractivity contribution in [3.8, 4) is 11.5 Å². The van der Waals surface area contributed by atoms with Crippen molar-refractivity contribution in [2.75, 3.05) is 24.9 Å². The Hall–Kier alpha value is -4.18. The molecule has 1 heterocycles. The number of hydrogen-bond donors (Lipinski definition) is 3. The van der Waals surface area contributed by atoms with Crippen LogP contribution >= 0.6 is 0 Å². The van der Waals surface area contributed by atoms with Crippen LogP contribution in [-0.4, -0.2) is 52.3 Å². The number of amides is 2. The second kappa shape index (κ2) is 10.7. The molecule has 200 valence electrons. The summed E-state index contributed by atoms with van der Waals surface area (Å²) in [6.45, 7) is 3.24. The number of ether oxygens (including phenoxy) is 2. The maximum Gasteiger partial charge on any atom is 0.235 e. The molecule has 10 nitrogen and oxygen atoms in total. The molecule has 4 rings (SSSR count). The minimum atomic E-state index is -1.74. The number of rotatable bonds is 7. The van der Waals surface area contributed by atoms with Crippen LogP contribution in [0.15, 0.2) is 54.7 Å². The van der Waals surface area contributed by atoms with Gasteiger partial charge in [0.25, 0.3) is 0 Å². The largest absolute Gasteiger partial charge is 0.495 e. The number of hydrogen-bond acceptors (Lipinski definition) is 7. The molecule has 2 amide bonds. The Kier molecular flexibility index (Phi) is 7.54. The smallest absolute Gasteiger partial charge is 0.235 e. The average Bonchev–Trinajstić information content (AvgIpc) is 3.21. The third-order valence-corrected chi connectivity index (χ3v) is 7.19. The van der Waals surface area contributed by atoms with Gasteiger partial charge in [-0.25, -0.2) is 0 Å². The van der Waals surface area contributed by atoms with E-state index in [0.717, 1.165) is 0 Å². The lowest BCUT2D eigenvalue weighted by Crippen LogP contribution is -2.56. The molecule has 0 saturated heterocycles. The molecule has 1 aromatic heterocycles. The lowest BCUT2D eigenvalue weighted by atomic mass is 9.61. The van der Waals surface area contributed by atoms with E-state index in [-0.39, 0.29) is 6.42 Å².